The van der Waals surface area contributed by atoms with E-state index in [1.54, 1.807) is 18.2 Å². The molecule has 1 amide bonds. The smallest absolute Gasteiger partial charge is 0.271 e. The van der Waals surface area contributed by atoms with Crippen molar-refractivity contribution in [1.82, 2.24) is 9.55 Å². The number of nitro groups is 1. The van der Waals surface area contributed by atoms with Crippen LogP contribution in [0.2, 0.25) is 0 Å². The number of nitrogens with one attached hydrogen (secondary N) is 1. The third kappa shape index (κ3) is 2.83. The molecule has 7 nitrogen and oxygen atoms in total. The fraction of sp³-hybridized carbons (Fsp3) is 0.176. The second kappa shape index (κ2) is 6.11. The van der Waals surface area contributed by atoms with Gasteiger partial charge in [-0.25, -0.2) is 4.98 Å². The summed E-state index contributed by atoms with van der Waals surface area (Å²) in [5.74, 6) is 0.613. The van der Waals surface area contributed by atoms with Gasteiger partial charge in [0.15, 0.2) is 0 Å². The summed E-state index contributed by atoms with van der Waals surface area (Å²) < 4.78 is 2.00. The maximum atomic E-state index is 12.4. The molecule has 0 aliphatic carbocycles. The summed E-state index contributed by atoms with van der Waals surface area (Å²) in [5, 5.41) is 13.5. The topological polar surface area (TPSA) is 90.1 Å². The molecule has 0 aliphatic rings. The number of nitrogens with zero attached hydrogens (tertiary/aromatic N) is 3. The first kappa shape index (κ1) is 15.7. The number of imidazole rings is 1. The Morgan fingerprint density at radius 3 is 2.79 bits per heavy atom. The quantitative estimate of drug-likeness (QED) is 0.589. The molecule has 1 heterocycles. The molecule has 0 radical (unpaired) electrons. The highest BCUT2D eigenvalue weighted by Crippen LogP contribution is 2.20. The van der Waals surface area contributed by atoms with Crippen molar-refractivity contribution in [2.24, 2.45) is 7.05 Å². The maximum absolute atomic E-state index is 12.4. The first-order chi connectivity index (χ1) is 11.5. The Morgan fingerprint density at radius 1 is 1.29 bits per heavy atom. The van der Waals surface area contributed by atoms with E-state index >= 15 is 0 Å². The molecule has 0 bridgehead atoms. The molecule has 0 saturated heterocycles. The van der Waals surface area contributed by atoms with E-state index in [1.807, 2.05) is 24.6 Å². The molecule has 3 rings (SSSR count). The van der Waals surface area contributed by atoms with Crippen LogP contribution in [0.4, 0.5) is 11.4 Å². The standard InChI is InChI=1S/C17H16N4O3/c1-3-16-19-14-9-11(7-8-15(14)20(16)2)17(22)18-12-5-4-6-13(10-12)21(23)24/h4-10H,3H2,1-2H3,(H,18,22). The average molecular weight is 324 g/mol. The Bertz CT molecular complexity index is 946. The van der Waals surface area contributed by atoms with Crippen molar-refractivity contribution >= 4 is 28.3 Å². The number of carbonyl (C=O) groups is 1. The summed E-state index contributed by atoms with van der Waals surface area (Å²) in [6.07, 6.45) is 0.806. The molecule has 0 saturated carbocycles. The number of non-ortho nitro benzene ring substituents is 1. The highest BCUT2D eigenvalue weighted by molar-refractivity contribution is 6.06. The van der Waals surface area contributed by atoms with Crippen LogP contribution in [0, 0.1) is 10.1 Å². The lowest BCUT2D eigenvalue weighted by Gasteiger charge is -2.05. The summed E-state index contributed by atoms with van der Waals surface area (Å²) in [7, 11) is 1.94. The predicted molar refractivity (Wildman–Crippen MR) is 91.1 cm³/mol. The van der Waals surface area contributed by atoms with Gasteiger partial charge in [0.25, 0.3) is 11.6 Å². The number of aryl methyl sites for hydroxylation is 2. The van der Waals surface area contributed by atoms with Crippen molar-refractivity contribution in [3.63, 3.8) is 0 Å². The van der Waals surface area contributed by atoms with Crippen LogP contribution in [-0.2, 0) is 13.5 Å². The molecule has 0 atom stereocenters. The SMILES string of the molecule is CCc1nc2cc(C(=O)Nc3cccc([N+](=O)[O-])c3)ccc2n1C. The van der Waals surface area contributed by atoms with E-state index in [9.17, 15) is 14.9 Å². The number of benzene rings is 2. The zero-order chi connectivity index (χ0) is 17.3. The first-order valence-corrected chi connectivity index (χ1v) is 7.50. The van der Waals surface area contributed by atoms with Gasteiger partial charge in [0.2, 0.25) is 0 Å². The predicted octanol–water partition coefficient (Wildman–Crippen LogP) is 3.30. The Morgan fingerprint density at radius 2 is 2.08 bits per heavy atom. The van der Waals surface area contributed by atoms with Crippen LogP contribution < -0.4 is 5.32 Å². The number of carbonyl (C=O) groups excluding carboxylic acids is 1. The van der Waals surface area contributed by atoms with Gasteiger partial charge in [0.1, 0.15) is 5.82 Å². The van der Waals surface area contributed by atoms with Crippen molar-refractivity contribution < 1.29 is 9.72 Å². The van der Waals surface area contributed by atoms with Gasteiger partial charge in [-0.3, -0.25) is 14.9 Å². The van der Waals surface area contributed by atoms with Crippen molar-refractivity contribution in [3.05, 3.63) is 64.0 Å². The highest BCUT2D eigenvalue weighted by atomic mass is 16.6. The van der Waals surface area contributed by atoms with E-state index in [1.165, 1.54) is 18.2 Å². The molecule has 1 aromatic heterocycles. The van der Waals surface area contributed by atoms with Gasteiger partial charge < -0.3 is 9.88 Å². The molecule has 0 aliphatic heterocycles. The second-order valence-corrected chi connectivity index (χ2v) is 5.41. The van der Waals surface area contributed by atoms with Gasteiger partial charge in [-0.15, -0.1) is 0 Å². The Kier molecular flexibility index (Phi) is 3.99. The second-order valence-electron chi connectivity index (χ2n) is 5.41. The number of aromatic nitrogens is 2. The Hall–Kier alpha value is -3.22. The van der Waals surface area contributed by atoms with Crippen LogP contribution in [0.1, 0.15) is 23.1 Å². The molecule has 2 aromatic carbocycles. The Labute approximate surface area is 138 Å². The van der Waals surface area contributed by atoms with Crippen molar-refractivity contribution in [2.75, 3.05) is 5.32 Å². The lowest BCUT2D eigenvalue weighted by Crippen LogP contribution is -2.11. The van der Waals surface area contributed by atoms with E-state index in [0.29, 0.717) is 11.3 Å². The molecule has 7 heteroatoms. The normalized spacial score (nSPS) is 10.8. The van der Waals surface area contributed by atoms with Crippen molar-refractivity contribution in [2.45, 2.75) is 13.3 Å². The lowest BCUT2D eigenvalue weighted by atomic mass is 10.2. The number of nitro benzene ring substituents is 1. The van der Waals surface area contributed by atoms with Crippen LogP contribution in [0.15, 0.2) is 42.5 Å². The van der Waals surface area contributed by atoms with Crippen molar-refractivity contribution in [1.29, 1.82) is 0 Å². The summed E-state index contributed by atoms with van der Waals surface area (Å²) in [6.45, 7) is 2.02. The number of fused-ring (bicyclic) bond motifs is 1. The Balaban J connectivity index is 1.88. The third-order valence-electron chi connectivity index (χ3n) is 3.87. The molecule has 24 heavy (non-hydrogen) atoms. The zero-order valence-corrected chi connectivity index (χ0v) is 13.3. The minimum atomic E-state index is -0.498. The minimum Gasteiger partial charge on any atom is -0.331 e. The van der Waals surface area contributed by atoms with Crippen LogP contribution in [-0.4, -0.2) is 20.4 Å². The lowest BCUT2D eigenvalue weighted by molar-refractivity contribution is -0.384. The first-order valence-electron chi connectivity index (χ1n) is 7.50. The number of hydrogen-bond donors (Lipinski definition) is 1. The monoisotopic (exact) mass is 324 g/mol. The molecular formula is C17H16N4O3. The fourth-order valence-electron chi connectivity index (χ4n) is 2.61. The van der Waals surface area contributed by atoms with Crippen LogP contribution in [0.25, 0.3) is 11.0 Å². The summed E-state index contributed by atoms with van der Waals surface area (Å²) in [4.78, 5) is 27.2. The van der Waals surface area contributed by atoms with E-state index in [0.717, 1.165) is 23.3 Å². The van der Waals surface area contributed by atoms with Crippen molar-refractivity contribution in [3.8, 4) is 0 Å². The third-order valence-corrected chi connectivity index (χ3v) is 3.87. The number of hydrogen-bond acceptors (Lipinski definition) is 4. The number of anilines is 1. The van der Waals surface area contributed by atoms with Crippen LogP contribution in [0.3, 0.4) is 0 Å². The number of amides is 1. The van der Waals surface area contributed by atoms with Crippen LogP contribution in [0.5, 0.6) is 0 Å². The highest BCUT2D eigenvalue weighted by Gasteiger charge is 2.12. The zero-order valence-electron chi connectivity index (χ0n) is 13.3. The molecule has 3 aromatic rings. The van der Waals surface area contributed by atoms with E-state index in [4.69, 9.17) is 0 Å². The summed E-state index contributed by atoms with van der Waals surface area (Å²) in [5.41, 5.74) is 2.47. The number of rotatable bonds is 4. The molecule has 0 spiro atoms. The van der Waals surface area contributed by atoms with Gasteiger partial charge in [0.05, 0.1) is 16.0 Å². The minimum absolute atomic E-state index is 0.0689. The van der Waals surface area contributed by atoms with E-state index in [-0.39, 0.29) is 11.6 Å². The van der Waals surface area contributed by atoms with E-state index in [2.05, 4.69) is 10.3 Å². The van der Waals surface area contributed by atoms with Gasteiger partial charge >= 0.3 is 0 Å². The molecule has 1 N–H and O–H groups in total. The maximum Gasteiger partial charge on any atom is 0.271 e. The average Bonchev–Trinajstić information content (AvgIpc) is 2.90. The molecular weight excluding hydrogens is 308 g/mol. The van der Waals surface area contributed by atoms with Crippen LogP contribution >= 0.6 is 0 Å². The van der Waals surface area contributed by atoms with Gasteiger partial charge in [0, 0.05) is 36.9 Å². The van der Waals surface area contributed by atoms with Gasteiger partial charge in [-0.2, -0.15) is 0 Å². The summed E-state index contributed by atoms with van der Waals surface area (Å²) >= 11 is 0. The molecule has 0 fully saturated rings. The van der Waals surface area contributed by atoms with Gasteiger partial charge in [-0.1, -0.05) is 13.0 Å². The van der Waals surface area contributed by atoms with Gasteiger partial charge in [-0.05, 0) is 24.3 Å². The molecule has 0 unspecified atom stereocenters. The fourth-order valence-corrected chi connectivity index (χ4v) is 2.61. The molecule has 122 valence electrons. The summed E-state index contributed by atoms with van der Waals surface area (Å²) in [6, 6.07) is 11.1. The van der Waals surface area contributed by atoms with E-state index < -0.39 is 4.92 Å². The largest absolute Gasteiger partial charge is 0.331 e.